The zero-order chi connectivity index (χ0) is 11.7. The van der Waals surface area contributed by atoms with Gasteiger partial charge >= 0.3 is 0 Å². The third kappa shape index (κ3) is 2.31. The van der Waals surface area contributed by atoms with Gasteiger partial charge in [-0.1, -0.05) is 0 Å². The standard InChI is InChI=1S/C11H15N3OS/c1-7-4-9(14(3)13-7)10(15)5-11-12-8(2)6-16-11/h4,6,10,15H,5H2,1-3H3. The van der Waals surface area contributed by atoms with Crippen LogP contribution in [0, 0.1) is 13.8 Å². The summed E-state index contributed by atoms with van der Waals surface area (Å²) in [5, 5.41) is 17.3. The van der Waals surface area contributed by atoms with Crippen LogP contribution in [0.1, 0.15) is 28.2 Å². The SMILES string of the molecule is Cc1csc(CC(O)c2cc(C)nn2C)n1. The zero-order valence-electron chi connectivity index (χ0n) is 9.64. The molecule has 2 heterocycles. The molecule has 4 nitrogen and oxygen atoms in total. The van der Waals surface area contributed by atoms with Crippen molar-refractivity contribution in [3.05, 3.63) is 33.5 Å². The number of hydrogen-bond acceptors (Lipinski definition) is 4. The maximum atomic E-state index is 10.1. The molecule has 5 heteroatoms. The fourth-order valence-electron chi connectivity index (χ4n) is 1.71. The molecule has 0 spiro atoms. The number of rotatable bonds is 3. The van der Waals surface area contributed by atoms with Gasteiger partial charge in [0.25, 0.3) is 0 Å². The van der Waals surface area contributed by atoms with Crippen LogP contribution in [-0.4, -0.2) is 19.9 Å². The van der Waals surface area contributed by atoms with Crippen LogP contribution in [0.25, 0.3) is 0 Å². The lowest BCUT2D eigenvalue weighted by Gasteiger charge is -2.08. The maximum Gasteiger partial charge on any atom is 0.102 e. The smallest absolute Gasteiger partial charge is 0.102 e. The molecular formula is C11H15N3OS. The summed E-state index contributed by atoms with van der Waals surface area (Å²) < 4.78 is 1.72. The fraction of sp³-hybridized carbons (Fsp3) is 0.455. The van der Waals surface area contributed by atoms with E-state index in [9.17, 15) is 5.11 Å². The Labute approximate surface area is 98.6 Å². The summed E-state index contributed by atoms with van der Waals surface area (Å²) in [6.45, 7) is 3.88. The summed E-state index contributed by atoms with van der Waals surface area (Å²) in [7, 11) is 1.85. The first kappa shape index (κ1) is 11.3. The first-order valence-corrected chi connectivity index (χ1v) is 6.04. The Kier molecular flexibility index (Phi) is 3.07. The van der Waals surface area contributed by atoms with Crippen LogP contribution < -0.4 is 0 Å². The normalized spacial score (nSPS) is 13.0. The van der Waals surface area contributed by atoms with Gasteiger partial charge < -0.3 is 5.11 Å². The maximum absolute atomic E-state index is 10.1. The molecule has 0 amide bonds. The summed E-state index contributed by atoms with van der Waals surface area (Å²) in [6.07, 6.45) is 0.0223. The quantitative estimate of drug-likeness (QED) is 0.885. The summed E-state index contributed by atoms with van der Waals surface area (Å²) in [5.41, 5.74) is 2.77. The van der Waals surface area contributed by atoms with Gasteiger partial charge in [0.05, 0.1) is 16.4 Å². The number of aromatic nitrogens is 3. The molecule has 0 aliphatic carbocycles. The Morgan fingerprint density at radius 3 is 2.69 bits per heavy atom. The van der Waals surface area contributed by atoms with Crippen molar-refractivity contribution in [2.75, 3.05) is 0 Å². The minimum atomic E-state index is -0.531. The third-order valence-corrected chi connectivity index (χ3v) is 3.40. The van der Waals surface area contributed by atoms with E-state index in [1.165, 1.54) is 0 Å². The highest BCUT2D eigenvalue weighted by atomic mass is 32.1. The molecule has 86 valence electrons. The molecule has 1 N–H and O–H groups in total. The number of aliphatic hydroxyl groups excluding tert-OH is 1. The molecule has 0 saturated heterocycles. The van der Waals surface area contributed by atoms with Gasteiger partial charge in [-0.3, -0.25) is 4.68 Å². The van der Waals surface area contributed by atoms with Crippen molar-refractivity contribution in [2.24, 2.45) is 7.05 Å². The van der Waals surface area contributed by atoms with Crippen LogP contribution in [-0.2, 0) is 13.5 Å². The molecule has 1 unspecified atom stereocenters. The second-order valence-corrected chi connectivity index (χ2v) is 4.88. The Hall–Kier alpha value is -1.20. The van der Waals surface area contributed by atoms with E-state index >= 15 is 0 Å². The van der Waals surface area contributed by atoms with Crippen LogP contribution >= 0.6 is 11.3 Å². The highest BCUT2D eigenvalue weighted by Gasteiger charge is 2.15. The van der Waals surface area contributed by atoms with E-state index in [1.807, 2.05) is 32.3 Å². The molecule has 1 atom stereocenters. The van der Waals surface area contributed by atoms with Crippen LogP contribution in [0.2, 0.25) is 0 Å². The molecule has 0 bridgehead atoms. The summed E-state index contributed by atoms with van der Waals surface area (Å²) >= 11 is 1.58. The van der Waals surface area contributed by atoms with Crippen LogP contribution in [0.3, 0.4) is 0 Å². The highest BCUT2D eigenvalue weighted by molar-refractivity contribution is 7.09. The fourth-order valence-corrected chi connectivity index (χ4v) is 2.52. The largest absolute Gasteiger partial charge is 0.386 e. The lowest BCUT2D eigenvalue weighted by atomic mass is 10.2. The first-order chi connectivity index (χ1) is 7.56. The Morgan fingerprint density at radius 1 is 1.44 bits per heavy atom. The van der Waals surface area contributed by atoms with Gasteiger partial charge in [-0.15, -0.1) is 11.3 Å². The molecular weight excluding hydrogens is 222 g/mol. The van der Waals surface area contributed by atoms with Crippen LogP contribution in [0.15, 0.2) is 11.4 Å². The van der Waals surface area contributed by atoms with Crippen molar-refractivity contribution in [3.8, 4) is 0 Å². The minimum Gasteiger partial charge on any atom is -0.386 e. The topological polar surface area (TPSA) is 50.9 Å². The van der Waals surface area contributed by atoms with Gasteiger partial charge in [-0.2, -0.15) is 5.10 Å². The Balaban J connectivity index is 2.14. The van der Waals surface area contributed by atoms with Gasteiger partial charge in [0.1, 0.15) is 6.10 Å². The predicted octanol–water partition coefficient (Wildman–Crippen LogP) is 1.77. The van der Waals surface area contributed by atoms with E-state index in [2.05, 4.69) is 10.1 Å². The van der Waals surface area contributed by atoms with E-state index in [0.29, 0.717) is 6.42 Å². The minimum absolute atomic E-state index is 0.531. The summed E-state index contributed by atoms with van der Waals surface area (Å²) in [4.78, 5) is 4.34. The lowest BCUT2D eigenvalue weighted by Crippen LogP contribution is -2.07. The lowest BCUT2D eigenvalue weighted by molar-refractivity contribution is 0.168. The van der Waals surface area contributed by atoms with Gasteiger partial charge in [0.2, 0.25) is 0 Å². The van der Waals surface area contributed by atoms with Crippen molar-refractivity contribution in [3.63, 3.8) is 0 Å². The van der Waals surface area contributed by atoms with Crippen LogP contribution in [0.5, 0.6) is 0 Å². The molecule has 0 fully saturated rings. The number of thiazole rings is 1. The van der Waals surface area contributed by atoms with Gasteiger partial charge in [-0.05, 0) is 19.9 Å². The molecule has 2 aromatic heterocycles. The zero-order valence-corrected chi connectivity index (χ0v) is 10.5. The van der Waals surface area contributed by atoms with E-state index in [0.717, 1.165) is 22.1 Å². The van der Waals surface area contributed by atoms with E-state index in [4.69, 9.17) is 0 Å². The average molecular weight is 237 g/mol. The molecule has 16 heavy (non-hydrogen) atoms. The molecule has 0 aromatic carbocycles. The number of aryl methyl sites for hydroxylation is 3. The van der Waals surface area contributed by atoms with E-state index in [-0.39, 0.29) is 0 Å². The second kappa shape index (κ2) is 4.35. The van der Waals surface area contributed by atoms with Crippen molar-refractivity contribution in [1.29, 1.82) is 0 Å². The first-order valence-electron chi connectivity index (χ1n) is 5.16. The highest BCUT2D eigenvalue weighted by Crippen LogP contribution is 2.20. The van der Waals surface area contributed by atoms with Crippen molar-refractivity contribution in [2.45, 2.75) is 26.4 Å². The predicted molar refractivity (Wildman–Crippen MR) is 63.5 cm³/mol. The molecule has 0 aliphatic rings. The molecule has 2 aromatic rings. The van der Waals surface area contributed by atoms with Gasteiger partial charge in [0.15, 0.2) is 0 Å². The number of hydrogen-bond donors (Lipinski definition) is 1. The van der Waals surface area contributed by atoms with Crippen LogP contribution in [0.4, 0.5) is 0 Å². The second-order valence-electron chi connectivity index (χ2n) is 3.94. The average Bonchev–Trinajstić information content (AvgIpc) is 2.73. The molecule has 0 saturated carbocycles. The summed E-state index contributed by atoms with van der Waals surface area (Å²) in [6, 6.07) is 1.91. The number of nitrogens with zero attached hydrogens (tertiary/aromatic N) is 3. The van der Waals surface area contributed by atoms with Gasteiger partial charge in [-0.25, -0.2) is 4.98 Å². The number of aliphatic hydroxyl groups is 1. The molecule has 0 radical (unpaired) electrons. The summed E-state index contributed by atoms with van der Waals surface area (Å²) in [5.74, 6) is 0. The Morgan fingerprint density at radius 2 is 2.19 bits per heavy atom. The van der Waals surface area contributed by atoms with Crippen molar-refractivity contribution >= 4 is 11.3 Å². The molecule has 2 rings (SSSR count). The van der Waals surface area contributed by atoms with Gasteiger partial charge in [0, 0.05) is 24.5 Å². The van der Waals surface area contributed by atoms with Crippen molar-refractivity contribution < 1.29 is 5.11 Å². The Bertz CT molecular complexity index is 489. The van der Waals surface area contributed by atoms with Crippen molar-refractivity contribution in [1.82, 2.24) is 14.8 Å². The molecule has 0 aliphatic heterocycles. The van der Waals surface area contributed by atoms with E-state index in [1.54, 1.807) is 16.0 Å². The monoisotopic (exact) mass is 237 g/mol. The van der Waals surface area contributed by atoms with E-state index < -0.39 is 6.10 Å². The third-order valence-electron chi connectivity index (χ3n) is 2.41.